The van der Waals surface area contributed by atoms with Crippen LogP contribution < -0.4 is 4.90 Å². The maximum Gasteiger partial charge on any atom is 0.416 e. The number of anilines is 1. The molecule has 1 heterocycles. The van der Waals surface area contributed by atoms with Crippen molar-refractivity contribution in [2.24, 2.45) is 0 Å². The molecule has 3 rings (SSSR count). The molecule has 0 saturated carbocycles. The minimum absolute atomic E-state index is 0.00714. The number of rotatable bonds is 4. The van der Waals surface area contributed by atoms with E-state index in [1.165, 1.54) is 6.92 Å². The zero-order valence-electron chi connectivity index (χ0n) is 22.7. The summed E-state index contributed by atoms with van der Waals surface area (Å²) in [5.41, 5.74) is -6.49. The molecule has 15 heteroatoms. The molecule has 2 unspecified atom stereocenters. The average Bonchev–Trinajstić information content (AvgIpc) is 2.82. The third-order valence-electron chi connectivity index (χ3n) is 6.21. The van der Waals surface area contributed by atoms with E-state index >= 15 is 0 Å². The summed E-state index contributed by atoms with van der Waals surface area (Å²) in [5, 5.41) is 9.76. The number of ether oxygens (including phenoxy) is 1. The Bertz CT molecular complexity index is 1310. The van der Waals surface area contributed by atoms with E-state index in [9.17, 15) is 54.2 Å². The third-order valence-corrected chi connectivity index (χ3v) is 6.21. The van der Waals surface area contributed by atoms with Gasteiger partial charge in [-0.25, -0.2) is 9.59 Å². The van der Waals surface area contributed by atoms with Gasteiger partial charge in [-0.1, -0.05) is 6.92 Å². The van der Waals surface area contributed by atoms with E-state index in [1.807, 2.05) is 0 Å². The van der Waals surface area contributed by atoms with Gasteiger partial charge in [-0.15, -0.1) is 0 Å². The van der Waals surface area contributed by atoms with Crippen molar-refractivity contribution in [1.82, 2.24) is 4.90 Å². The molecule has 2 amide bonds. The van der Waals surface area contributed by atoms with Gasteiger partial charge in [-0.05, 0) is 60.4 Å². The first-order chi connectivity index (χ1) is 19.0. The Balaban J connectivity index is 2.28. The summed E-state index contributed by atoms with van der Waals surface area (Å²) in [5.74, 6) is 0. The lowest BCUT2D eigenvalue weighted by molar-refractivity contribution is -0.143. The van der Waals surface area contributed by atoms with Crippen molar-refractivity contribution in [2.75, 3.05) is 11.9 Å². The number of methoxy groups -OCH3 is 1. The number of carbonyl (C=O) groups excluding carboxylic acids is 1. The number of amides is 2. The molecule has 1 N–H and O–H groups in total. The lowest BCUT2D eigenvalue weighted by Crippen LogP contribution is -2.48. The molecule has 0 fully saturated rings. The molecule has 0 saturated heterocycles. The van der Waals surface area contributed by atoms with Crippen molar-refractivity contribution in [1.29, 1.82) is 0 Å². The maximum atomic E-state index is 13.6. The lowest BCUT2D eigenvalue weighted by atomic mass is 9.87. The monoisotopic (exact) mass is 575 g/mol. The zero-order valence-corrected chi connectivity index (χ0v) is 19.7. The predicted octanol–water partition coefficient (Wildman–Crippen LogP) is 7.72. The summed E-state index contributed by atoms with van der Waals surface area (Å²) in [4.78, 5) is 26.2. The Morgan fingerprint density at radius 3 is 2.00 bits per heavy atom. The minimum atomic E-state index is -5.28. The van der Waals surface area contributed by atoms with E-state index < -0.39 is 90.6 Å². The fourth-order valence-electron chi connectivity index (χ4n) is 4.48. The Hall–Kier alpha value is -3.65. The molecule has 0 aliphatic carbocycles. The fraction of sp³-hybridized carbons (Fsp3) is 0.417. The molecule has 2 atom stereocenters. The van der Waals surface area contributed by atoms with Crippen molar-refractivity contribution in [2.45, 2.75) is 56.9 Å². The normalized spacial score (nSPS) is 19.4. The van der Waals surface area contributed by atoms with Crippen LogP contribution in [0.4, 0.5) is 54.8 Å². The third kappa shape index (κ3) is 6.33. The van der Waals surface area contributed by atoms with E-state index in [0.717, 1.165) is 6.07 Å². The summed E-state index contributed by atoms with van der Waals surface area (Å²) in [7, 11) is -3.47. The second kappa shape index (κ2) is 10.5. The highest BCUT2D eigenvalue weighted by Crippen LogP contribution is 2.45. The van der Waals surface area contributed by atoms with Gasteiger partial charge in [-0.2, -0.15) is 39.5 Å². The minimum Gasteiger partial charge on any atom is -0.465 e. The van der Waals surface area contributed by atoms with Gasteiger partial charge in [0.2, 0.25) is 0 Å². The Morgan fingerprint density at radius 2 is 1.54 bits per heavy atom. The van der Waals surface area contributed by atoms with Crippen LogP contribution in [0.25, 0.3) is 0 Å². The van der Waals surface area contributed by atoms with Crippen molar-refractivity contribution in [3.63, 3.8) is 0 Å². The van der Waals surface area contributed by atoms with Crippen LogP contribution in [0.2, 0.25) is 0 Å². The standard InChI is InChI=1S/C24H21F9N2O4/c1-3-16-10-19(17-9-13(22(25,26)27)4-5-18(17)35(16)20(36)37)34(21(38)39-2)11-12-6-14(23(28,29)30)8-15(7-12)24(31,32)33/h4-9,16,19H,3,10-11H2,1-2H3,(H,36,37)/i2D3. The van der Waals surface area contributed by atoms with Crippen LogP contribution in [0.5, 0.6) is 0 Å². The second-order valence-corrected chi connectivity index (χ2v) is 8.65. The number of fused-ring (bicyclic) bond motifs is 1. The van der Waals surface area contributed by atoms with Crippen molar-refractivity contribution >= 4 is 17.9 Å². The van der Waals surface area contributed by atoms with Crippen LogP contribution in [0.15, 0.2) is 36.4 Å². The highest BCUT2D eigenvalue weighted by Gasteiger charge is 2.43. The molecule has 1 aliphatic heterocycles. The predicted molar refractivity (Wildman–Crippen MR) is 118 cm³/mol. The van der Waals surface area contributed by atoms with Crippen molar-refractivity contribution in [3.8, 4) is 0 Å². The number of halogens is 9. The van der Waals surface area contributed by atoms with E-state index in [2.05, 4.69) is 4.74 Å². The molecule has 0 aromatic heterocycles. The lowest BCUT2D eigenvalue weighted by Gasteiger charge is -2.43. The molecule has 0 spiro atoms. The van der Waals surface area contributed by atoms with Gasteiger partial charge in [0.05, 0.1) is 39.6 Å². The summed E-state index contributed by atoms with van der Waals surface area (Å²) >= 11 is 0. The molecule has 2 aromatic rings. The SMILES string of the molecule is [2H]C([2H])([2H])OC(=O)N(Cc1cc(C(F)(F)F)cc(C(F)(F)F)c1)C1CC(CC)N(C(=O)O)c2ccc(C(F)(F)F)cc21. The smallest absolute Gasteiger partial charge is 0.416 e. The Morgan fingerprint density at radius 1 is 0.974 bits per heavy atom. The van der Waals surface area contributed by atoms with Crippen LogP contribution in [0.3, 0.4) is 0 Å². The van der Waals surface area contributed by atoms with Crippen LogP contribution >= 0.6 is 0 Å². The summed E-state index contributed by atoms with van der Waals surface area (Å²) in [6, 6.07) is -0.544. The van der Waals surface area contributed by atoms with E-state index in [4.69, 9.17) is 4.11 Å². The molecule has 2 aromatic carbocycles. The van der Waals surface area contributed by atoms with Crippen LogP contribution in [-0.4, -0.2) is 35.3 Å². The first kappa shape index (κ1) is 25.6. The van der Waals surface area contributed by atoms with Crippen LogP contribution in [0.1, 0.15) is 57.7 Å². The molecular weight excluding hydrogens is 551 g/mol. The first-order valence-electron chi connectivity index (χ1n) is 12.5. The van der Waals surface area contributed by atoms with E-state index in [-0.39, 0.29) is 30.3 Å². The Kier molecular flexibility index (Phi) is 6.89. The van der Waals surface area contributed by atoms with Gasteiger partial charge in [0.25, 0.3) is 0 Å². The molecular formula is C24H21F9N2O4. The number of hydrogen-bond acceptors (Lipinski definition) is 3. The summed E-state index contributed by atoms with van der Waals surface area (Å²) < 4.78 is 148. The highest BCUT2D eigenvalue weighted by molar-refractivity contribution is 5.89. The quantitative estimate of drug-likeness (QED) is 0.379. The van der Waals surface area contributed by atoms with E-state index in [0.29, 0.717) is 21.9 Å². The number of benzene rings is 2. The fourth-order valence-corrected chi connectivity index (χ4v) is 4.48. The number of carbonyl (C=O) groups is 2. The number of hydrogen-bond donors (Lipinski definition) is 1. The Labute approximate surface area is 219 Å². The van der Waals surface area contributed by atoms with Gasteiger partial charge in [0, 0.05) is 12.6 Å². The maximum absolute atomic E-state index is 13.6. The summed E-state index contributed by atoms with van der Waals surface area (Å²) in [6.45, 7) is 0.312. The molecule has 0 bridgehead atoms. The topological polar surface area (TPSA) is 70.1 Å². The van der Waals surface area contributed by atoms with Crippen molar-refractivity contribution < 1.29 is 63.1 Å². The van der Waals surface area contributed by atoms with Gasteiger partial charge in [0.15, 0.2) is 0 Å². The molecule has 214 valence electrons. The molecule has 39 heavy (non-hydrogen) atoms. The molecule has 1 aliphatic rings. The van der Waals surface area contributed by atoms with Gasteiger partial charge in [-0.3, -0.25) is 9.80 Å². The highest BCUT2D eigenvalue weighted by atomic mass is 19.4. The average molecular weight is 575 g/mol. The van der Waals surface area contributed by atoms with E-state index in [1.54, 1.807) is 0 Å². The van der Waals surface area contributed by atoms with Gasteiger partial charge in [0.1, 0.15) is 0 Å². The first-order valence-corrected chi connectivity index (χ1v) is 11.0. The number of alkyl halides is 9. The van der Waals surface area contributed by atoms with Gasteiger partial charge >= 0.3 is 30.7 Å². The van der Waals surface area contributed by atoms with Gasteiger partial charge < -0.3 is 9.84 Å². The van der Waals surface area contributed by atoms with Crippen LogP contribution in [0, 0.1) is 0 Å². The van der Waals surface area contributed by atoms with Crippen molar-refractivity contribution in [3.05, 3.63) is 64.2 Å². The molecule has 0 radical (unpaired) electrons. The molecule has 6 nitrogen and oxygen atoms in total. The van der Waals surface area contributed by atoms with Crippen LogP contribution in [-0.2, 0) is 29.8 Å². The summed E-state index contributed by atoms with van der Waals surface area (Å²) in [6.07, 6.45) is -19.4. The number of carboxylic acid groups (broad SMARTS) is 1. The number of nitrogens with zero attached hydrogens (tertiary/aromatic N) is 2. The zero-order chi connectivity index (χ0) is 32.0. The largest absolute Gasteiger partial charge is 0.465 e. The second-order valence-electron chi connectivity index (χ2n) is 8.65.